The summed E-state index contributed by atoms with van der Waals surface area (Å²) in [5.74, 6) is 0.299. The molecule has 2 aromatic heterocycles. The number of fused-ring (bicyclic) bond motifs is 1. The number of hydrogen-bond acceptors (Lipinski definition) is 6. The van der Waals surface area contributed by atoms with Crippen LogP contribution >= 0.6 is 0 Å². The molecule has 0 aliphatic heterocycles. The molecule has 0 radical (unpaired) electrons. The third-order valence-electron chi connectivity index (χ3n) is 3.28. The lowest BCUT2D eigenvalue weighted by Crippen LogP contribution is -2.29. The average Bonchev–Trinajstić information content (AvgIpc) is 2.88. The van der Waals surface area contributed by atoms with Crippen LogP contribution in [0.5, 0.6) is 0 Å². The fourth-order valence-corrected chi connectivity index (χ4v) is 2.26. The van der Waals surface area contributed by atoms with Crippen LogP contribution in [0.1, 0.15) is 13.0 Å². The number of nitrogens with two attached hydrogens (primary N) is 1. The van der Waals surface area contributed by atoms with Crippen molar-refractivity contribution in [2.75, 3.05) is 5.73 Å². The minimum Gasteiger partial charge on any atom is -0.388 e. The zero-order valence-corrected chi connectivity index (χ0v) is 9.72. The maximum atomic E-state index is 10.0. The summed E-state index contributed by atoms with van der Waals surface area (Å²) >= 11 is 0. The van der Waals surface area contributed by atoms with E-state index in [-0.39, 0.29) is 6.04 Å². The van der Waals surface area contributed by atoms with Crippen molar-refractivity contribution in [2.45, 2.75) is 25.2 Å². The van der Waals surface area contributed by atoms with Gasteiger partial charge in [0, 0.05) is 0 Å². The van der Waals surface area contributed by atoms with E-state index in [2.05, 4.69) is 15.0 Å². The summed E-state index contributed by atoms with van der Waals surface area (Å²) in [4.78, 5) is 12.1. The molecule has 7 nitrogen and oxygen atoms in total. The molecule has 0 saturated heterocycles. The second-order valence-corrected chi connectivity index (χ2v) is 4.42. The molecule has 1 aliphatic rings. The molecule has 0 amide bonds. The minimum absolute atomic E-state index is 0.299. The first-order valence-corrected chi connectivity index (χ1v) is 5.57. The standard InChI is InChI=1S/C11H13N5O2/c1-5-2-6(9(18)8(5)17)16-4-15-7-10(12)13-3-14-11(7)16/h2-4,6,8-9,17-18H,1H3,(H2,12,13,14)/t6-,8-,9+/m1/s1. The van der Waals surface area contributed by atoms with Crippen molar-refractivity contribution in [1.82, 2.24) is 19.5 Å². The highest BCUT2D eigenvalue weighted by Crippen LogP contribution is 2.31. The van der Waals surface area contributed by atoms with E-state index < -0.39 is 12.2 Å². The van der Waals surface area contributed by atoms with Crippen molar-refractivity contribution in [3.05, 3.63) is 24.3 Å². The van der Waals surface area contributed by atoms with E-state index in [0.29, 0.717) is 17.0 Å². The quantitative estimate of drug-likeness (QED) is 0.593. The average molecular weight is 247 g/mol. The third-order valence-corrected chi connectivity index (χ3v) is 3.28. The van der Waals surface area contributed by atoms with E-state index in [1.807, 2.05) is 0 Å². The van der Waals surface area contributed by atoms with Gasteiger partial charge < -0.3 is 20.5 Å². The Morgan fingerprint density at radius 1 is 1.28 bits per heavy atom. The highest BCUT2D eigenvalue weighted by atomic mass is 16.3. The Balaban J connectivity index is 2.14. The first kappa shape index (κ1) is 11.1. The van der Waals surface area contributed by atoms with Gasteiger partial charge in [-0.05, 0) is 12.5 Å². The Bertz CT molecular complexity index is 635. The topological polar surface area (TPSA) is 110 Å². The maximum Gasteiger partial charge on any atom is 0.166 e. The lowest BCUT2D eigenvalue weighted by atomic mass is 10.1. The Hall–Kier alpha value is -1.99. The van der Waals surface area contributed by atoms with Gasteiger partial charge in [0.1, 0.15) is 24.1 Å². The molecule has 2 heterocycles. The highest BCUT2D eigenvalue weighted by Gasteiger charge is 2.34. The van der Waals surface area contributed by atoms with E-state index in [4.69, 9.17) is 5.73 Å². The van der Waals surface area contributed by atoms with Crippen LogP contribution in [0.2, 0.25) is 0 Å². The van der Waals surface area contributed by atoms with E-state index in [1.54, 1.807) is 23.9 Å². The van der Waals surface area contributed by atoms with E-state index in [1.165, 1.54) is 6.33 Å². The molecular formula is C11H13N5O2. The van der Waals surface area contributed by atoms with E-state index >= 15 is 0 Å². The smallest absolute Gasteiger partial charge is 0.166 e. The Morgan fingerprint density at radius 3 is 2.72 bits per heavy atom. The molecule has 94 valence electrons. The summed E-state index contributed by atoms with van der Waals surface area (Å²) in [5, 5.41) is 19.8. The van der Waals surface area contributed by atoms with Gasteiger partial charge in [-0.15, -0.1) is 0 Å². The molecule has 2 aromatic rings. The van der Waals surface area contributed by atoms with Gasteiger partial charge in [0.05, 0.1) is 12.4 Å². The van der Waals surface area contributed by atoms with Crippen molar-refractivity contribution in [2.24, 2.45) is 0 Å². The Labute approximate surface area is 103 Å². The SMILES string of the molecule is CC1=C[C@@H](n2cnc3c(N)ncnc32)[C@H](O)[C@@H]1O. The van der Waals surface area contributed by atoms with Crippen LogP contribution < -0.4 is 5.73 Å². The molecule has 4 N–H and O–H groups in total. The first-order valence-electron chi connectivity index (χ1n) is 5.57. The zero-order chi connectivity index (χ0) is 12.9. The zero-order valence-electron chi connectivity index (χ0n) is 9.72. The molecule has 3 atom stereocenters. The lowest BCUT2D eigenvalue weighted by Gasteiger charge is -2.18. The van der Waals surface area contributed by atoms with E-state index in [0.717, 1.165) is 5.57 Å². The predicted octanol–water partition coefficient (Wildman–Crippen LogP) is -0.369. The molecule has 0 aromatic carbocycles. The molecule has 0 saturated carbocycles. The summed E-state index contributed by atoms with van der Waals surface area (Å²) in [5.41, 5.74) is 7.48. The molecule has 0 spiro atoms. The van der Waals surface area contributed by atoms with Crippen molar-refractivity contribution in [3.63, 3.8) is 0 Å². The molecule has 0 fully saturated rings. The molecule has 3 rings (SSSR count). The van der Waals surface area contributed by atoms with Gasteiger partial charge in [0.2, 0.25) is 0 Å². The number of aliphatic hydroxyl groups excluding tert-OH is 2. The number of anilines is 1. The summed E-state index contributed by atoms with van der Waals surface area (Å²) in [6.07, 6.45) is 2.94. The van der Waals surface area contributed by atoms with E-state index in [9.17, 15) is 10.2 Å². The van der Waals surface area contributed by atoms with Gasteiger partial charge in [-0.3, -0.25) is 0 Å². The van der Waals surface area contributed by atoms with Crippen molar-refractivity contribution >= 4 is 17.0 Å². The lowest BCUT2D eigenvalue weighted by molar-refractivity contribution is 0.0329. The third kappa shape index (κ3) is 1.41. The van der Waals surface area contributed by atoms with Crippen LogP contribution in [0.4, 0.5) is 5.82 Å². The monoisotopic (exact) mass is 247 g/mol. The molecular weight excluding hydrogens is 234 g/mol. The molecule has 18 heavy (non-hydrogen) atoms. The number of nitrogen functional groups attached to an aromatic ring is 1. The minimum atomic E-state index is -0.904. The second kappa shape index (κ2) is 3.76. The van der Waals surface area contributed by atoms with Crippen LogP contribution in [0, 0.1) is 0 Å². The van der Waals surface area contributed by atoms with Gasteiger partial charge in [-0.25, -0.2) is 15.0 Å². The van der Waals surface area contributed by atoms with Crippen LogP contribution in [0.25, 0.3) is 11.2 Å². The maximum absolute atomic E-state index is 10.0. The number of nitrogens with zero attached hydrogens (tertiary/aromatic N) is 4. The van der Waals surface area contributed by atoms with Crippen molar-refractivity contribution in [3.8, 4) is 0 Å². The number of imidazole rings is 1. The Kier molecular flexibility index (Phi) is 2.32. The van der Waals surface area contributed by atoms with Gasteiger partial charge in [-0.1, -0.05) is 6.08 Å². The number of aromatic nitrogens is 4. The molecule has 7 heteroatoms. The predicted molar refractivity (Wildman–Crippen MR) is 64.5 cm³/mol. The van der Waals surface area contributed by atoms with Crippen LogP contribution in [-0.2, 0) is 0 Å². The van der Waals surface area contributed by atoms with Gasteiger partial charge in [-0.2, -0.15) is 0 Å². The van der Waals surface area contributed by atoms with Crippen LogP contribution in [0.15, 0.2) is 24.3 Å². The molecule has 1 aliphatic carbocycles. The number of aliphatic hydroxyl groups is 2. The molecule has 0 bridgehead atoms. The second-order valence-electron chi connectivity index (χ2n) is 4.42. The fraction of sp³-hybridized carbons (Fsp3) is 0.364. The Morgan fingerprint density at radius 2 is 2.06 bits per heavy atom. The normalized spacial score (nSPS) is 27.7. The largest absolute Gasteiger partial charge is 0.388 e. The summed E-state index contributed by atoms with van der Waals surface area (Å²) in [6.45, 7) is 1.77. The number of hydrogen-bond donors (Lipinski definition) is 3. The van der Waals surface area contributed by atoms with Gasteiger partial charge in [0.15, 0.2) is 11.5 Å². The van der Waals surface area contributed by atoms with Crippen LogP contribution in [0.3, 0.4) is 0 Å². The van der Waals surface area contributed by atoms with Crippen molar-refractivity contribution in [1.29, 1.82) is 0 Å². The highest BCUT2D eigenvalue weighted by molar-refractivity contribution is 5.81. The summed E-state index contributed by atoms with van der Waals surface area (Å²) < 4.78 is 1.69. The van der Waals surface area contributed by atoms with Gasteiger partial charge in [0.25, 0.3) is 0 Å². The summed E-state index contributed by atoms with van der Waals surface area (Å²) in [7, 11) is 0. The number of rotatable bonds is 1. The van der Waals surface area contributed by atoms with Crippen molar-refractivity contribution < 1.29 is 10.2 Å². The summed E-state index contributed by atoms with van der Waals surface area (Å²) in [6, 6.07) is -0.390. The molecule has 0 unspecified atom stereocenters. The van der Waals surface area contributed by atoms with Gasteiger partial charge >= 0.3 is 0 Å². The van der Waals surface area contributed by atoms with Crippen LogP contribution in [-0.4, -0.2) is 41.9 Å². The fourth-order valence-electron chi connectivity index (χ4n) is 2.26. The first-order chi connectivity index (χ1) is 8.59.